The maximum atomic E-state index is 10.8. The van der Waals surface area contributed by atoms with Crippen LogP contribution in [-0.4, -0.2) is 18.6 Å². The molecule has 0 N–H and O–H groups in total. The van der Waals surface area contributed by atoms with Crippen molar-refractivity contribution in [1.82, 2.24) is 0 Å². The summed E-state index contributed by atoms with van der Waals surface area (Å²) in [7, 11) is 1.54. The predicted octanol–water partition coefficient (Wildman–Crippen LogP) is 4.96. The van der Waals surface area contributed by atoms with Gasteiger partial charge in [0, 0.05) is 17.7 Å². The Bertz CT molecular complexity index is 954. The van der Waals surface area contributed by atoms with Crippen LogP contribution in [0.1, 0.15) is 16.7 Å². The highest BCUT2D eigenvalue weighted by Crippen LogP contribution is 2.35. The fourth-order valence-corrected chi connectivity index (χ4v) is 2.64. The van der Waals surface area contributed by atoms with Gasteiger partial charge in [0.1, 0.15) is 6.61 Å². The molecule has 0 radical (unpaired) electrons. The highest BCUT2D eigenvalue weighted by Gasteiger charge is 2.13. The zero-order chi connectivity index (χ0) is 20.5. The van der Waals surface area contributed by atoms with E-state index in [0.29, 0.717) is 35.7 Å². The van der Waals surface area contributed by atoms with E-state index < -0.39 is 4.92 Å². The zero-order valence-electron chi connectivity index (χ0n) is 15.6. The summed E-state index contributed by atoms with van der Waals surface area (Å²) in [5.41, 5.74) is 2.54. The number of allylic oxidation sites excluding steroid dienone is 2. The number of rotatable bonds is 9. The lowest BCUT2D eigenvalue weighted by Crippen LogP contribution is -2.01. The van der Waals surface area contributed by atoms with Crippen LogP contribution in [0, 0.1) is 21.4 Å². The second-order valence-electron chi connectivity index (χ2n) is 5.78. The first-order chi connectivity index (χ1) is 13.5. The second-order valence-corrected chi connectivity index (χ2v) is 5.78. The maximum Gasteiger partial charge on any atom is 0.269 e. The van der Waals surface area contributed by atoms with E-state index in [1.54, 1.807) is 43.5 Å². The highest BCUT2D eigenvalue weighted by atomic mass is 16.6. The molecule has 0 saturated carbocycles. The lowest BCUT2D eigenvalue weighted by Gasteiger charge is -2.15. The molecule has 2 rings (SSSR count). The summed E-state index contributed by atoms with van der Waals surface area (Å²) >= 11 is 0. The maximum absolute atomic E-state index is 10.8. The number of nitrogens with zero attached hydrogens (tertiary/aromatic N) is 2. The van der Waals surface area contributed by atoms with Gasteiger partial charge in [0.15, 0.2) is 11.5 Å². The van der Waals surface area contributed by atoms with Crippen LogP contribution in [0.2, 0.25) is 0 Å². The van der Waals surface area contributed by atoms with Gasteiger partial charge in [-0.1, -0.05) is 18.7 Å². The van der Waals surface area contributed by atoms with E-state index in [4.69, 9.17) is 9.47 Å². The van der Waals surface area contributed by atoms with Crippen LogP contribution in [0.15, 0.2) is 61.7 Å². The first kappa shape index (κ1) is 20.5. The number of nitro benzene ring substituents is 1. The van der Waals surface area contributed by atoms with Crippen molar-refractivity contribution in [1.29, 1.82) is 5.26 Å². The Kier molecular flexibility index (Phi) is 7.12. The zero-order valence-corrected chi connectivity index (χ0v) is 15.6. The third-order valence-corrected chi connectivity index (χ3v) is 3.90. The average molecular weight is 376 g/mol. The van der Waals surface area contributed by atoms with Gasteiger partial charge in [0.05, 0.1) is 23.7 Å². The monoisotopic (exact) mass is 376 g/mol. The van der Waals surface area contributed by atoms with Gasteiger partial charge in [0.2, 0.25) is 0 Å². The summed E-state index contributed by atoms with van der Waals surface area (Å²) in [4.78, 5) is 10.3. The number of methoxy groups -OCH3 is 1. The van der Waals surface area contributed by atoms with Gasteiger partial charge in [-0.2, -0.15) is 5.26 Å². The third-order valence-electron chi connectivity index (χ3n) is 3.90. The van der Waals surface area contributed by atoms with E-state index in [0.717, 1.165) is 11.1 Å². The van der Waals surface area contributed by atoms with Gasteiger partial charge in [-0.05, 0) is 47.9 Å². The van der Waals surface area contributed by atoms with E-state index >= 15 is 0 Å². The number of non-ortho nitro benzene ring substituents is 1. The van der Waals surface area contributed by atoms with E-state index in [9.17, 15) is 15.4 Å². The number of hydrogen-bond donors (Lipinski definition) is 0. The van der Waals surface area contributed by atoms with Crippen LogP contribution in [0.3, 0.4) is 0 Å². The standard InChI is InChI=1S/C22H20N2O4/c1-4-6-18-12-16(14-21(27-3)22(18)28-11-5-2)13-19(15-23)17-7-9-20(10-8-17)24(25)26/h4-5,7-10,12-14H,1-2,6,11H2,3H3/b19-13+. The topological polar surface area (TPSA) is 85.4 Å². The van der Waals surface area contributed by atoms with E-state index in [1.165, 1.54) is 12.1 Å². The molecule has 0 saturated heterocycles. The van der Waals surface area contributed by atoms with Gasteiger partial charge in [-0.3, -0.25) is 10.1 Å². The van der Waals surface area contributed by atoms with Gasteiger partial charge in [0.25, 0.3) is 5.69 Å². The molecule has 2 aromatic rings. The van der Waals surface area contributed by atoms with Crippen molar-refractivity contribution in [3.63, 3.8) is 0 Å². The SMILES string of the molecule is C=CCOc1c(CC=C)cc(/C=C(\C#N)c2ccc([N+](=O)[O-])cc2)cc1OC. The van der Waals surface area contributed by atoms with E-state index in [-0.39, 0.29) is 5.69 Å². The van der Waals surface area contributed by atoms with E-state index in [2.05, 4.69) is 19.2 Å². The van der Waals surface area contributed by atoms with Crippen molar-refractivity contribution in [2.75, 3.05) is 13.7 Å². The van der Waals surface area contributed by atoms with Crippen LogP contribution in [-0.2, 0) is 6.42 Å². The first-order valence-electron chi connectivity index (χ1n) is 8.46. The summed E-state index contributed by atoms with van der Waals surface area (Å²) in [6, 6.07) is 11.7. The number of nitriles is 1. The van der Waals surface area contributed by atoms with Crippen molar-refractivity contribution in [3.05, 3.63) is 88.5 Å². The molecule has 0 aromatic heterocycles. The molecule has 0 fully saturated rings. The molecule has 0 bridgehead atoms. The third kappa shape index (κ3) is 4.86. The Morgan fingerprint density at radius 2 is 1.96 bits per heavy atom. The van der Waals surface area contributed by atoms with Gasteiger partial charge in [-0.15, -0.1) is 6.58 Å². The Balaban J connectivity index is 2.50. The number of benzene rings is 2. The molecule has 0 heterocycles. The van der Waals surface area contributed by atoms with Crippen molar-refractivity contribution in [2.24, 2.45) is 0 Å². The van der Waals surface area contributed by atoms with Crippen LogP contribution in [0.5, 0.6) is 11.5 Å². The summed E-state index contributed by atoms with van der Waals surface area (Å²) in [5.74, 6) is 1.14. The molecule has 142 valence electrons. The lowest BCUT2D eigenvalue weighted by atomic mass is 10.0. The predicted molar refractivity (Wildman–Crippen MR) is 109 cm³/mol. The molecule has 2 aromatic carbocycles. The summed E-state index contributed by atoms with van der Waals surface area (Å²) in [6.07, 6.45) is 5.66. The molecule has 0 atom stereocenters. The summed E-state index contributed by atoms with van der Waals surface area (Å²) in [6.45, 7) is 7.76. The second kappa shape index (κ2) is 9.74. The minimum Gasteiger partial charge on any atom is -0.493 e. The minimum atomic E-state index is -0.478. The Hall–Kier alpha value is -3.85. The van der Waals surface area contributed by atoms with Gasteiger partial charge < -0.3 is 9.47 Å². The lowest BCUT2D eigenvalue weighted by molar-refractivity contribution is -0.384. The number of hydrogen-bond acceptors (Lipinski definition) is 5. The molecule has 0 aliphatic carbocycles. The smallest absolute Gasteiger partial charge is 0.269 e. The Morgan fingerprint density at radius 1 is 1.25 bits per heavy atom. The van der Waals surface area contributed by atoms with Gasteiger partial charge in [-0.25, -0.2) is 0 Å². The van der Waals surface area contributed by atoms with Crippen molar-refractivity contribution < 1.29 is 14.4 Å². The molecule has 0 spiro atoms. The molecular formula is C22H20N2O4. The highest BCUT2D eigenvalue weighted by molar-refractivity contribution is 5.90. The molecule has 0 aliphatic heterocycles. The molecule has 0 aliphatic rings. The minimum absolute atomic E-state index is 0.0281. The molecule has 0 amide bonds. The average Bonchev–Trinajstić information content (AvgIpc) is 2.71. The van der Waals surface area contributed by atoms with Crippen LogP contribution < -0.4 is 9.47 Å². The summed E-state index contributed by atoms with van der Waals surface area (Å²) in [5, 5.41) is 20.4. The van der Waals surface area contributed by atoms with Crippen LogP contribution >= 0.6 is 0 Å². The molecular weight excluding hydrogens is 356 g/mol. The quantitative estimate of drug-likeness (QED) is 0.203. The summed E-state index contributed by atoms with van der Waals surface area (Å²) < 4.78 is 11.2. The fraction of sp³-hybridized carbons (Fsp3) is 0.136. The van der Waals surface area contributed by atoms with Crippen molar-refractivity contribution in [3.8, 4) is 17.6 Å². The fourth-order valence-electron chi connectivity index (χ4n) is 2.64. The van der Waals surface area contributed by atoms with E-state index in [1.807, 2.05) is 6.07 Å². The van der Waals surface area contributed by atoms with Crippen LogP contribution in [0.4, 0.5) is 5.69 Å². The Labute approximate surface area is 163 Å². The number of nitro groups is 1. The molecule has 0 unspecified atom stereocenters. The largest absolute Gasteiger partial charge is 0.493 e. The molecule has 6 nitrogen and oxygen atoms in total. The van der Waals surface area contributed by atoms with Gasteiger partial charge >= 0.3 is 0 Å². The number of ether oxygens (including phenoxy) is 2. The molecule has 28 heavy (non-hydrogen) atoms. The van der Waals surface area contributed by atoms with Crippen LogP contribution in [0.25, 0.3) is 11.6 Å². The first-order valence-corrected chi connectivity index (χ1v) is 8.46. The Morgan fingerprint density at radius 3 is 2.50 bits per heavy atom. The van der Waals surface area contributed by atoms with Crippen molar-refractivity contribution >= 4 is 17.3 Å². The van der Waals surface area contributed by atoms with Crippen molar-refractivity contribution in [2.45, 2.75) is 6.42 Å². The molecule has 6 heteroatoms. The normalized spacial score (nSPS) is 10.6.